The molecule has 1 amide bonds. The Morgan fingerprint density at radius 3 is 2.59 bits per heavy atom. The first-order valence-electron chi connectivity index (χ1n) is 10.2. The van der Waals surface area contributed by atoms with Gasteiger partial charge in [0.05, 0.1) is 28.6 Å². The van der Waals surface area contributed by atoms with Crippen molar-refractivity contribution in [3.8, 4) is 11.5 Å². The largest absolute Gasteiger partial charge is 0.503 e. The topological polar surface area (TPSA) is 80.0 Å². The van der Waals surface area contributed by atoms with E-state index in [4.69, 9.17) is 20.8 Å². The maximum atomic E-state index is 13.6. The number of hydrogen-bond donors (Lipinski definition) is 1. The van der Waals surface area contributed by atoms with Crippen molar-refractivity contribution in [1.29, 1.82) is 0 Å². The average Bonchev–Trinajstić information content (AvgIpc) is 3.09. The third-order valence-electron chi connectivity index (χ3n) is 5.78. The lowest BCUT2D eigenvalue weighted by Gasteiger charge is -2.26. The fourth-order valence-electron chi connectivity index (χ4n) is 4.20. The summed E-state index contributed by atoms with van der Waals surface area (Å²) in [6, 6.07) is 12.7. The van der Waals surface area contributed by atoms with Crippen LogP contribution in [0.4, 0.5) is 4.39 Å². The normalized spacial score (nSPS) is 15.1. The van der Waals surface area contributed by atoms with Gasteiger partial charge in [0.1, 0.15) is 11.4 Å². The first-order chi connectivity index (χ1) is 16.3. The van der Waals surface area contributed by atoms with E-state index >= 15 is 0 Å². The van der Waals surface area contributed by atoms with Crippen molar-refractivity contribution in [2.45, 2.75) is 12.6 Å². The van der Waals surface area contributed by atoms with Crippen LogP contribution in [0, 0.1) is 5.82 Å². The van der Waals surface area contributed by atoms with Crippen molar-refractivity contribution in [1.82, 2.24) is 4.90 Å². The summed E-state index contributed by atoms with van der Waals surface area (Å²) in [6.45, 7) is 0.0886. The summed E-state index contributed by atoms with van der Waals surface area (Å²) in [4.78, 5) is 28.6. The number of nitrogens with zero attached hydrogens (tertiary/aromatic N) is 1. The predicted molar refractivity (Wildman–Crippen MR) is 128 cm³/mol. The molecule has 0 spiro atoms. The molecule has 1 aliphatic rings. The van der Waals surface area contributed by atoms with Crippen LogP contribution >= 0.6 is 27.5 Å². The van der Waals surface area contributed by atoms with E-state index in [-0.39, 0.29) is 45.8 Å². The minimum atomic E-state index is -0.849. The van der Waals surface area contributed by atoms with Gasteiger partial charge in [-0.1, -0.05) is 23.7 Å². The Hall–Kier alpha value is -3.36. The average molecular weight is 545 g/mol. The Kier molecular flexibility index (Phi) is 5.58. The first kappa shape index (κ1) is 22.4. The van der Waals surface area contributed by atoms with Crippen molar-refractivity contribution in [2.75, 3.05) is 7.11 Å². The molecule has 3 aromatic carbocycles. The lowest BCUT2D eigenvalue weighted by atomic mass is 9.97. The number of fused-ring (bicyclic) bond motifs is 2. The SMILES string of the molecule is COc1cc([C@@H]2c3c(oc4ccc(Cl)cc4c3=O)C(=O)N2Cc2ccc(F)cc2)cc(Br)c1O. The van der Waals surface area contributed by atoms with Crippen LogP contribution in [0.3, 0.4) is 0 Å². The van der Waals surface area contributed by atoms with Crippen LogP contribution in [0.25, 0.3) is 11.0 Å². The number of halogens is 3. The van der Waals surface area contributed by atoms with E-state index in [0.717, 1.165) is 0 Å². The van der Waals surface area contributed by atoms with Gasteiger partial charge in [0.2, 0.25) is 5.76 Å². The molecule has 1 atom stereocenters. The van der Waals surface area contributed by atoms with E-state index in [9.17, 15) is 19.1 Å². The lowest BCUT2D eigenvalue weighted by molar-refractivity contribution is 0.0714. The summed E-state index contributed by atoms with van der Waals surface area (Å²) in [5, 5.41) is 10.9. The fourth-order valence-corrected chi connectivity index (χ4v) is 4.83. The number of hydrogen-bond acceptors (Lipinski definition) is 5. The predicted octanol–water partition coefficient (Wildman–Crippen LogP) is 5.81. The molecule has 172 valence electrons. The molecule has 6 nitrogen and oxygen atoms in total. The van der Waals surface area contributed by atoms with Gasteiger partial charge in [-0.15, -0.1) is 0 Å². The number of phenols is 1. The molecule has 0 saturated carbocycles. The number of methoxy groups -OCH3 is 1. The molecular formula is C25H16BrClFNO5. The number of ether oxygens (including phenoxy) is 1. The molecule has 1 aliphatic heterocycles. The Labute approximate surface area is 206 Å². The van der Waals surface area contributed by atoms with Crippen molar-refractivity contribution < 1.29 is 23.4 Å². The zero-order valence-electron chi connectivity index (χ0n) is 17.6. The molecule has 34 heavy (non-hydrogen) atoms. The summed E-state index contributed by atoms with van der Waals surface area (Å²) in [7, 11) is 1.40. The second-order valence-electron chi connectivity index (χ2n) is 7.83. The molecule has 0 bridgehead atoms. The molecule has 0 radical (unpaired) electrons. The number of benzene rings is 3. The Morgan fingerprint density at radius 1 is 1.15 bits per heavy atom. The van der Waals surface area contributed by atoms with Crippen LogP contribution < -0.4 is 10.2 Å². The number of carbonyl (C=O) groups excluding carboxylic acids is 1. The van der Waals surface area contributed by atoms with E-state index in [1.54, 1.807) is 36.4 Å². The van der Waals surface area contributed by atoms with Gasteiger partial charge in [0.25, 0.3) is 5.91 Å². The zero-order valence-corrected chi connectivity index (χ0v) is 20.0. The van der Waals surface area contributed by atoms with Crippen molar-refractivity contribution in [2.24, 2.45) is 0 Å². The highest BCUT2D eigenvalue weighted by Gasteiger charge is 2.43. The summed E-state index contributed by atoms with van der Waals surface area (Å²) >= 11 is 9.42. The molecular weight excluding hydrogens is 529 g/mol. The Balaban J connectivity index is 1.76. The summed E-state index contributed by atoms with van der Waals surface area (Å²) in [5.74, 6) is -0.904. The molecule has 2 heterocycles. The number of amides is 1. The highest BCUT2D eigenvalue weighted by molar-refractivity contribution is 9.10. The highest BCUT2D eigenvalue weighted by atomic mass is 79.9. The molecule has 4 aromatic rings. The fraction of sp³-hybridized carbons (Fsp3) is 0.120. The molecule has 9 heteroatoms. The van der Waals surface area contributed by atoms with Gasteiger partial charge in [-0.05, 0) is 69.5 Å². The van der Waals surface area contributed by atoms with Gasteiger partial charge in [0.15, 0.2) is 16.9 Å². The number of aromatic hydroxyl groups is 1. The van der Waals surface area contributed by atoms with Gasteiger partial charge in [-0.3, -0.25) is 9.59 Å². The standard InChI is InChI=1S/C25H16BrClFNO5/c1-33-19-9-13(8-17(26)23(19)31)21-20-22(30)16-10-14(27)4-7-18(16)34-24(20)25(32)29(21)11-12-2-5-15(28)6-3-12/h2-10,21,31H,11H2,1H3/t21-/m1/s1. The van der Waals surface area contributed by atoms with E-state index < -0.39 is 17.8 Å². The molecule has 1 aromatic heterocycles. The smallest absolute Gasteiger partial charge is 0.291 e. The van der Waals surface area contributed by atoms with Crippen LogP contribution in [0.2, 0.25) is 5.02 Å². The molecule has 0 aliphatic carbocycles. The summed E-state index contributed by atoms with van der Waals surface area (Å²) in [5.41, 5.74) is 1.19. The second kappa shape index (κ2) is 8.45. The zero-order chi connectivity index (χ0) is 24.1. The van der Waals surface area contributed by atoms with Gasteiger partial charge in [0, 0.05) is 11.6 Å². The third kappa shape index (κ3) is 3.63. The van der Waals surface area contributed by atoms with Crippen molar-refractivity contribution in [3.05, 3.63) is 103 Å². The van der Waals surface area contributed by atoms with Crippen LogP contribution in [-0.2, 0) is 6.54 Å². The molecule has 0 saturated heterocycles. The summed E-state index contributed by atoms with van der Waals surface area (Å²) < 4.78 is 25.0. The highest BCUT2D eigenvalue weighted by Crippen LogP contribution is 2.44. The maximum Gasteiger partial charge on any atom is 0.291 e. The van der Waals surface area contributed by atoms with E-state index in [0.29, 0.717) is 20.6 Å². The van der Waals surface area contributed by atoms with Gasteiger partial charge in [-0.25, -0.2) is 4.39 Å². The number of carbonyl (C=O) groups is 1. The first-order valence-corrected chi connectivity index (χ1v) is 11.3. The Bertz CT molecular complexity index is 1520. The van der Waals surface area contributed by atoms with Gasteiger partial charge in [-0.2, -0.15) is 0 Å². The Morgan fingerprint density at radius 2 is 1.88 bits per heavy atom. The number of phenolic OH excluding ortho intramolecular Hbond substituents is 1. The van der Waals surface area contributed by atoms with E-state index in [2.05, 4.69) is 15.9 Å². The second-order valence-corrected chi connectivity index (χ2v) is 9.12. The molecule has 1 N–H and O–H groups in total. The van der Waals surface area contributed by atoms with Crippen molar-refractivity contribution >= 4 is 44.4 Å². The maximum absolute atomic E-state index is 13.6. The van der Waals surface area contributed by atoms with E-state index in [1.807, 2.05) is 0 Å². The van der Waals surface area contributed by atoms with Crippen LogP contribution in [0.15, 0.2) is 68.3 Å². The van der Waals surface area contributed by atoms with Crippen LogP contribution in [-0.4, -0.2) is 23.0 Å². The summed E-state index contributed by atoms with van der Waals surface area (Å²) in [6.07, 6.45) is 0. The minimum Gasteiger partial charge on any atom is -0.503 e. The monoisotopic (exact) mass is 543 g/mol. The minimum absolute atomic E-state index is 0.0740. The van der Waals surface area contributed by atoms with E-state index in [1.165, 1.54) is 30.2 Å². The van der Waals surface area contributed by atoms with Crippen molar-refractivity contribution in [3.63, 3.8) is 0 Å². The van der Waals surface area contributed by atoms with Crippen LogP contribution in [0.5, 0.6) is 11.5 Å². The molecule has 5 rings (SSSR count). The molecule has 0 unspecified atom stereocenters. The quantitative estimate of drug-likeness (QED) is 0.351. The van der Waals surface area contributed by atoms with Gasteiger partial charge < -0.3 is 19.2 Å². The van der Waals surface area contributed by atoms with Crippen LogP contribution in [0.1, 0.15) is 33.3 Å². The lowest BCUT2D eigenvalue weighted by Crippen LogP contribution is -2.29. The van der Waals surface area contributed by atoms with Gasteiger partial charge >= 0.3 is 0 Å². The third-order valence-corrected chi connectivity index (χ3v) is 6.62. The molecule has 0 fully saturated rings. The number of rotatable bonds is 4.